The maximum atomic E-state index is 12.4. The van der Waals surface area contributed by atoms with Crippen molar-refractivity contribution in [3.63, 3.8) is 0 Å². The first-order valence-corrected chi connectivity index (χ1v) is 6.78. The van der Waals surface area contributed by atoms with Gasteiger partial charge in [0.2, 0.25) is 0 Å². The first-order chi connectivity index (χ1) is 8.13. The van der Waals surface area contributed by atoms with Gasteiger partial charge in [0, 0.05) is 22.7 Å². The molecule has 1 saturated carbocycles. The summed E-state index contributed by atoms with van der Waals surface area (Å²) in [4.78, 5) is 14.4. The molecule has 17 heavy (non-hydrogen) atoms. The number of anilines is 1. The minimum atomic E-state index is 0.0912. The third-order valence-electron chi connectivity index (χ3n) is 2.93. The van der Waals surface area contributed by atoms with E-state index in [0.29, 0.717) is 17.3 Å². The molecule has 4 heteroatoms. The van der Waals surface area contributed by atoms with E-state index in [9.17, 15) is 4.79 Å². The van der Waals surface area contributed by atoms with Gasteiger partial charge >= 0.3 is 0 Å². The average molecular weight is 297 g/mol. The number of nitrogens with zero attached hydrogens (tertiary/aromatic N) is 1. The summed E-state index contributed by atoms with van der Waals surface area (Å²) < 4.78 is 0.818. The quantitative estimate of drug-likeness (QED) is 0.868. The van der Waals surface area contributed by atoms with Crippen molar-refractivity contribution in [2.24, 2.45) is 0 Å². The second-order valence-electron chi connectivity index (χ2n) is 4.47. The standard InChI is InChI=1S/C13H17BrN2O/c1-2-7-16(10-4-5-10)13(17)11-8-9(15)3-6-12(11)14/h3,6,8,10H,2,4-5,7,15H2,1H3. The van der Waals surface area contributed by atoms with Gasteiger partial charge in [-0.2, -0.15) is 0 Å². The van der Waals surface area contributed by atoms with Gasteiger partial charge in [0.1, 0.15) is 0 Å². The number of carbonyl (C=O) groups is 1. The highest BCUT2D eigenvalue weighted by Gasteiger charge is 2.32. The molecule has 92 valence electrons. The van der Waals surface area contributed by atoms with Crippen LogP contribution < -0.4 is 5.73 Å². The van der Waals surface area contributed by atoms with Gasteiger partial charge in [-0.15, -0.1) is 0 Å². The average Bonchev–Trinajstić information content (AvgIpc) is 3.12. The Kier molecular flexibility index (Phi) is 3.72. The van der Waals surface area contributed by atoms with Crippen LogP contribution in [0.4, 0.5) is 5.69 Å². The summed E-state index contributed by atoms with van der Waals surface area (Å²) in [6.45, 7) is 2.92. The lowest BCUT2D eigenvalue weighted by atomic mass is 10.1. The van der Waals surface area contributed by atoms with Crippen molar-refractivity contribution in [2.45, 2.75) is 32.2 Å². The smallest absolute Gasteiger partial charge is 0.255 e. The van der Waals surface area contributed by atoms with E-state index in [-0.39, 0.29) is 5.91 Å². The van der Waals surface area contributed by atoms with E-state index >= 15 is 0 Å². The molecule has 2 rings (SSSR count). The highest BCUT2D eigenvalue weighted by molar-refractivity contribution is 9.10. The summed E-state index contributed by atoms with van der Waals surface area (Å²) in [5.41, 5.74) is 7.04. The van der Waals surface area contributed by atoms with E-state index in [1.165, 1.54) is 0 Å². The maximum absolute atomic E-state index is 12.4. The summed E-state index contributed by atoms with van der Waals surface area (Å²) in [7, 11) is 0. The van der Waals surface area contributed by atoms with E-state index in [1.807, 2.05) is 11.0 Å². The lowest BCUT2D eigenvalue weighted by molar-refractivity contribution is 0.0742. The van der Waals surface area contributed by atoms with E-state index in [4.69, 9.17) is 5.73 Å². The Morgan fingerprint density at radius 1 is 1.53 bits per heavy atom. The Labute approximate surface area is 110 Å². The number of benzene rings is 1. The van der Waals surface area contributed by atoms with Crippen LogP contribution >= 0.6 is 15.9 Å². The van der Waals surface area contributed by atoms with Crippen LogP contribution in [0.5, 0.6) is 0 Å². The van der Waals surface area contributed by atoms with Gasteiger partial charge in [-0.3, -0.25) is 4.79 Å². The molecule has 2 N–H and O–H groups in total. The van der Waals surface area contributed by atoms with Crippen LogP contribution in [0.1, 0.15) is 36.5 Å². The lowest BCUT2D eigenvalue weighted by Gasteiger charge is -2.22. The Bertz CT molecular complexity index is 429. The zero-order chi connectivity index (χ0) is 12.4. The van der Waals surface area contributed by atoms with Gasteiger partial charge < -0.3 is 10.6 Å². The maximum Gasteiger partial charge on any atom is 0.255 e. The molecule has 0 saturated heterocycles. The zero-order valence-corrected chi connectivity index (χ0v) is 11.5. The van der Waals surface area contributed by atoms with Gasteiger partial charge in [0.15, 0.2) is 0 Å². The predicted octanol–water partition coefficient (Wildman–Crippen LogP) is 3.05. The van der Waals surface area contributed by atoms with Crippen molar-refractivity contribution in [2.75, 3.05) is 12.3 Å². The molecule has 1 fully saturated rings. The molecule has 0 heterocycles. The zero-order valence-electron chi connectivity index (χ0n) is 9.95. The van der Waals surface area contributed by atoms with Gasteiger partial charge in [-0.05, 0) is 53.4 Å². The van der Waals surface area contributed by atoms with Crippen LogP contribution in [0, 0.1) is 0 Å². The SMILES string of the molecule is CCCN(C(=O)c1cc(N)ccc1Br)C1CC1. The van der Waals surface area contributed by atoms with E-state index in [0.717, 1.165) is 30.3 Å². The lowest BCUT2D eigenvalue weighted by Crippen LogP contribution is -2.34. The summed E-state index contributed by atoms with van der Waals surface area (Å²) in [5.74, 6) is 0.0912. The normalized spacial score (nSPS) is 14.7. The van der Waals surface area contributed by atoms with E-state index in [1.54, 1.807) is 12.1 Å². The molecule has 0 atom stereocenters. The molecule has 0 aliphatic heterocycles. The van der Waals surface area contributed by atoms with Crippen molar-refractivity contribution in [1.29, 1.82) is 0 Å². The largest absolute Gasteiger partial charge is 0.399 e. The first kappa shape index (κ1) is 12.4. The van der Waals surface area contributed by atoms with Crippen LogP contribution in [-0.2, 0) is 0 Å². The van der Waals surface area contributed by atoms with Crippen molar-refractivity contribution < 1.29 is 4.79 Å². The number of hydrogen-bond acceptors (Lipinski definition) is 2. The molecule has 0 radical (unpaired) electrons. The fraction of sp³-hybridized carbons (Fsp3) is 0.462. The molecule has 1 aromatic rings. The van der Waals surface area contributed by atoms with Gasteiger partial charge in [-0.25, -0.2) is 0 Å². The van der Waals surface area contributed by atoms with E-state index < -0.39 is 0 Å². The van der Waals surface area contributed by atoms with Gasteiger partial charge in [-0.1, -0.05) is 6.92 Å². The number of nitrogen functional groups attached to an aromatic ring is 1. The Balaban J connectivity index is 2.24. The Hall–Kier alpha value is -1.03. The molecule has 0 bridgehead atoms. The molecular weight excluding hydrogens is 280 g/mol. The van der Waals surface area contributed by atoms with Crippen molar-refractivity contribution in [1.82, 2.24) is 4.90 Å². The monoisotopic (exact) mass is 296 g/mol. The number of nitrogens with two attached hydrogens (primary N) is 1. The fourth-order valence-electron chi connectivity index (χ4n) is 1.94. The van der Waals surface area contributed by atoms with Gasteiger partial charge in [0.05, 0.1) is 5.56 Å². The molecule has 1 aliphatic rings. The molecular formula is C13H17BrN2O. The van der Waals surface area contributed by atoms with Crippen LogP contribution in [0.2, 0.25) is 0 Å². The molecule has 1 aliphatic carbocycles. The van der Waals surface area contributed by atoms with Crippen LogP contribution in [-0.4, -0.2) is 23.4 Å². The van der Waals surface area contributed by atoms with Gasteiger partial charge in [0.25, 0.3) is 5.91 Å². The predicted molar refractivity (Wildman–Crippen MR) is 72.9 cm³/mol. The topological polar surface area (TPSA) is 46.3 Å². The molecule has 1 amide bonds. The molecule has 0 spiro atoms. The highest BCUT2D eigenvalue weighted by atomic mass is 79.9. The first-order valence-electron chi connectivity index (χ1n) is 5.99. The Morgan fingerprint density at radius 2 is 2.24 bits per heavy atom. The van der Waals surface area contributed by atoms with Crippen LogP contribution in [0.3, 0.4) is 0 Å². The number of hydrogen-bond donors (Lipinski definition) is 1. The van der Waals surface area contributed by atoms with Crippen molar-refractivity contribution in [3.05, 3.63) is 28.2 Å². The number of rotatable bonds is 4. The number of halogens is 1. The van der Waals surface area contributed by atoms with Crippen LogP contribution in [0.25, 0.3) is 0 Å². The second kappa shape index (κ2) is 5.08. The van der Waals surface area contributed by atoms with Crippen molar-refractivity contribution >= 4 is 27.5 Å². The Morgan fingerprint density at radius 3 is 2.82 bits per heavy atom. The number of carbonyl (C=O) groups excluding carboxylic acids is 1. The molecule has 0 unspecified atom stereocenters. The van der Waals surface area contributed by atoms with Crippen LogP contribution in [0.15, 0.2) is 22.7 Å². The second-order valence-corrected chi connectivity index (χ2v) is 5.32. The van der Waals surface area contributed by atoms with Crippen molar-refractivity contribution in [3.8, 4) is 0 Å². The third-order valence-corrected chi connectivity index (χ3v) is 3.63. The summed E-state index contributed by atoms with van der Waals surface area (Å²) in [5, 5.41) is 0. The minimum Gasteiger partial charge on any atom is -0.399 e. The summed E-state index contributed by atoms with van der Waals surface area (Å²) >= 11 is 3.42. The molecule has 0 aromatic heterocycles. The third kappa shape index (κ3) is 2.80. The molecule has 1 aromatic carbocycles. The minimum absolute atomic E-state index is 0.0912. The number of amides is 1. The fourth-order valence-corrected chi connectivity index (χ4v) is 2.35. The molecule has 3 nitrogen and oxygen atoms in total. The highest BCUT2D eigenvalue weighted by Crippen LogP contribution is 2.30. The van der Waals surface area contributed by atoms with E-state index in [2.05, 4.69) is 22.9 Å². The summed E-state index contributed by atoms with van der Waals surface area (Å²) in [6.07, 6.45) is 3.25. The summed E-state index contributed by atoms with van der Waals surface area (Å²) in [6, 6.07) is 5.81.